The maximum Gasteiger partial charge on any atom is 0.274 e. The van der Waals surface area contributed by atoms with E-state index in [1.54, 1.807) is 24.3 Å². The third-order valence-electron chi connectivity index (χ3n) is 2.04. The van der Waals surface area contributed by atoms with Gasteiger partial charge in [-0.15, -0.1) is 0 Å². The smallest absolute Gasteiger partial charge is 0.274 e. The second-order valence-corrected chi connectivity index (χ2v) is 3.50. The number of benzene rings is 1. The van der Waals surface area contributed by atoms with Crippen molar-refractivity contribution in [2.24, 2.45) is 0 Å². The highest BCUT2D eigenvalue weighted by molar-refractivity contribution is 5.96. The Morgan fingerprint density at radius 1 is 1.33 bits per heavy atom. The standard InChI is InChI=1S/C12H16N2O4/c1-10(16)14(12(17)9-18-8-7-15)13-11-5-3-2-4-6-11/h2-6,13,15H,7-9H2,1H3. The SMILES string of the molecule is CC(=O)N(Nc1ccccc1)C(=O)COCCO. The Hall–Kier alpha value is -1.92. The summed E-state index contributed by atoms with van der Waals surface area (Å²) in [5, 5.41) is 9.41. The van der Waals surface area contributed by atoms with Gasteiger partial charge in [-0.1, -0.05) is 18.2 Å². The van der Waals surface area contributed by atoms with Gasteiger partial charge in [0.1, 0.15) is 6.61 Å². The van der Waals surface area contributed by atoms with Gasteiger partial charge in [-0.3, -0.25) is 15.0 Å². The van der Waals surface area contributed by atoms with Gasteiger partial charge in [0.15, 0.2) is 0 Å². The van der Waals surface area contributed by atoms with Crippen LogP contribution in [0.1, 0.15) is 6.92 Å². The van der Waals surface area contributed by atoms with E-state index in [2.05, 4.69) is 5.43 Å². The zero-order valence-electron chi connectivity index (χ0n) is 10.1. The van der Waals surface area contributed by atoms with Crippen LogP contribution in [0.5, 0.6) is 0 Å². The minimum Gasteiger partial charge on any atom is -0.394 e. The van der Waals surface area contributed by atoms with Gasteiger partial charge in [-0.25, -0.2) is 0 Å². The average molecular weight is 252 g/mol. The molecule has 0 heterocycles. The summed E-state index contributed by atoms with van der Waals surface area (Å²) in [4.78, 5) is 23.1. The molecule has 6 nitrogen and oxygen atoms in total. The summed E-state index contributed by atoms with van der Waals surface area (Å²) >= 11 is 0. The van der Waals surface area contributed by atoms with Crippen molar-refractivity contribution >= 4 is 17.5 Å². The van der Waals surface area contributed by atoms with Crippen molar-refractivity contribution in [3.63, 3.8) is 0 Å². The van der Waals surface area contributed by atoms with Crippen LogP contribution in [0.2, 0.25) is 0 Å². The number of nitrogens with one attached hydrogen (secondary N) is 1. The van der Waals surface area contributed by atoms with E-state index < -0.39 is 11.8 Å². The van der Waals surface area contributed by atoms with E-state index in [-0.39, 0.29) is 19.8 Å². The predicted octanol–water partition coefficient (Wildman–Crippen LogP) is 0.398. The van der Waals surface area contributed by atoms with Crippen LogP contribution in [0.25, 0.3) is 0 Å². The quantitative estimate of drug-likeness (QED) is 0.566. The van der Waals surface area contributed by atoms with E-state index in [1.165, 1.54) is 6.92 Å². The normalized spacial score (nSPS) is 9.89. The lowest BCUT2D eigenvalue weighted by Crippen LogP contribution is -2.42. The summed E-state index contributed by atoms with van der Waals surface area (Å²) in [5.74, 6) is -0.948. The van der Waals surface area contributed by atoms with Crippen LogP contribution in [0.3, 0.4) is 0 Å². The van der Waals surface area contributed by atoms with Gasteiger partial charge >= 0.3 is 0 Å². The molecular weight excluding hydrogens is 236 g/mol. The lowest BCUT2D eigenvalue weighted by Gasteiger charge is -2.20. The fourth-order valence-electron chi connectivity index (χ4n) is 1.25. The van der Waals surface area contributed by atoms with Gasteiger partial charge in [-0.05, 0) is 12.1 Å². The van der Waals surface area contributed by atoms with Crippen molar-refractivity contribution in [1.29, 1.82) is 0 Å². The molecule has 0 aliphatic rings. The fraction of sp³-hybridized carbons (Fsp3) is 0.333. The molecule has 0 aliphatic carbocycles. The van der Waals surface area contributed by atoms with Crippen molar-refractivity contribution in [1.82, 2.24) is 5.01 Å². The molecule has 0 unspecified atom stereocenters. The van der Waals surface area contributed by atoms with Gasteiger partial charge in [0, 0.05) is 6.92 Å². The molecule has 0 aromatic heterocycles. The van der Waals surface area contributed by atoms with Gasteiger partial charge in [0.2, 0.25) is 5.91 Å². The van der Waals surface area contributed by atoms with Crippen molar-refractivity contribution in [3.05, 3.63) is 30.3 Å². The molecule has 1 aromatic carbocycles. The summed E-state index contributed by atoms with van der Waals surface area (Å²) in [5.41, 5.74) is 3.32. The molecule has 0 radical (unpaired) electrons. The number of amides is 2. The maximum atomic E-state index is 11.7. The Bertz CT molecular complexity index is 394. The van der Waals surface area contributed by atoms with E-state index in [1.807, 2.05) is 6.07 Å². The van der Waals surface area contributed by atoms with Gasteiger partial charge in [0.25, 0.3) is 5.91 Å². The second kappa shape index (κ2) is 7.41. The van der Waals surface area contributed by atoms with E-state index in [4.69, 9.17) is 9.84 Å². The molecule has 1 aromatic rings. The highest BCUT2D eigenvalue weighted by atomic mass is 16.5. The summed E-state index contributed by atoms with van der Waals surface area (Å²) in [7, 11) is 0. The summed E-state index contributed by atoms with van der Waals surface area (Å²) in [6.07, 6.45) is 0. The lowest BCUT2D eigenvalue weighted by molar-refractivity contribution is -0.145. The topological polar surface area (TPSA) is 78.9 Å². The molecule has 2 amide bonds. The number of carbonyl (C=O) groups is 2. The number of ether oxygens (including phenoxy) is 1. The molecule has 0 saturated heterocycles. The number of anilines is 1. The number of aliphatic hydroxyl groups excluding tert-OH is 1. The third kappa shape index (κ3) is 4.52. The second-order valence-electron chi connectivity index (χ2n) is 3.50. The molecule has 1 rings (SSSR count). The first-order valence-corrected chi connectivity index (χ1v) is 5.49. The molecule has 0 spiro atoms. The van der Waals surface area contributed by atoms with E-state index in [0.717, 1.165) is 5.01 Å². The third-order valence-corrected chi connectivity index (χ3v) is 2.04. The zero-order chi connectivity index (χ0) is 13.4. The Kier molecular flexibility index (Phi) is 5.83. The lowest BCUT2D eigenvalue weighted by atomic mass is 10.3. The molecule has 0 atom stereocenters. The number of hydrogen-bond donors (Lipinski definition) is 2. The number of carbonyl (C=O) groups excluding carboxylic acids is 2. The molecule has 98 valence electrons. The van der Waals surface area contributed by atoms with Crippen LogP contribution < -0.4 is 5.43 Å². The van der Waals surface area contributed by atoms with Crippen molar-refractivity contribution < 1.29 is 19.4 Å². The number of nitrogens with zero attached hydrogens (tertiary/aromatic N) is 1. The summed E-state index contributed by atoms with van der Waals surface area (Å²) in [6, 6.07) is 8.87. The highest BCUT2D eigenvalue weighted by Crippen LogP contribution is 2.07. The first-order chi connectivity index (χ1) is 8.65. The van der Waals surface area contributed by atoms with Crippen LogP contribution in [0.15, 0.2) is 30.3 Å². The minimum absolute atomic E-state index is 0.0584. The van der Waals surface area contributed by atoms with Crippen LogP contribution in [0, 0.1) is 0 Å². The first-order valence-electron chi connectivity index (χ1n) is 5.49. The Morgan fingerprint density at radius 3 is 2.56 bits per heavy atom. The summed E-state index contributed by atoms with van der Waals surface area (Å²) in [6.45, 7) is 0.905. The van der Waals surface area contributed by atoms with Crippen molar-refractivity contribution in [3.8, 4) is 0 Å². The largest absolute Gasteiger partial charge is 0.394 e. The molecule has 0 fully saturated rings. The maximum absolute atomic E-state index is 11.7. The van der Waals surface area contributed by atoms with Crippen molar-refractivity contribution in [2.45, 2.75) is 6.92 Å². The van der Waals surface area contributed by atoms with Crippen LogP contribution in [0.4, 0.5) is 5.69 Å². The molecule has 2 N–H and O–H groups in total. The number of para-hydroxylation sites is 1. The first kappa shape index (κ1) is 14.1. The predicted molar refractivity (Wildman–Crippen MR) is 65.5 cm³/mol. The van der Waals surface area contributed by atoms with Crippen molar-refractivity contribution in [2.75, 3.05) is 25.2 Å². The van der Waals surface area contributed by atoms with Gasteiger partial charge in [0.05, 0.1) is 18.9 Å². The number of rotatable bonds is 6. The molecule has 18 heavy (non-hydrogen) atoms. The monoisotopic (exact) mass is 252 g/mol. The molecule has 0 aliphatic heterocycles. The molecule has 0 saturated carbocycles. The van der Waals surface area contributed by atoms with E-state index in [9.17, 15) is 9.59 Å². The molecule has 0 bridgehead atoms. The number of hydrazine groups is 1. The minimum atomic E-state index is -0.514. The Balaban J connectivity index is 2.60. The molecular formula is C12H16N2O4. The Labute approximate surface area is 105 Å². The fourth-order valence-corrected chi connectivity index (χ4v) is 1.25. The number of aliphatic hydroxyl groups is 1. The number of hydrogen-bond acceptors (Lipinski definition) is 5. The molecule has 6 heteroatoms. The van der Waals surface area contributed by atoms with Crippen LogP contribution in [-0.4, -0.2) is 41.8 Å². The zero-order valence-corrected chi connectivity index (χ0v) is 10.1. The Morgan fingerprint density at radius 2 is 2.00 bits per heavy atom. The van der Waals surface area contributed by atoms with Crippen LogP contribution in [-0.2, 0) is 14.3 Å². The number of imide groups is 1. The average Bonchev–Trinajstić information content (AvgIpc) is 2.37. The van der Waals surface area contributed by atoms with E-state index >= 15 is 0 Å². The van der Waals surface area contributed by atoms with Gasteiger partial charge < -0.3 is 9.84 Å². The van der Waals surface area contributed by atoms with Gasteiger partial charge in [-0.2, -0.15) is 5.01 Å². The summed E-state index contributed by atoms with van der Waals surface area (Å²) < 4.78 is 4.88. The van der Waals surface area contributed by atoms with Crippen LogP contribution >= 0.6 is 0 Å². The van der Waals surface area contributed by atoms with E-state index in [0.29, 0.717) is 5.69 Å². The highest BCUT2D eigenvalue weighted by Gasteiger charge is 2.17.